The number of carbonyl (C=O) groups excluding carboxylic acids is 1. The van der Waals surface area contributed by atoms with Gasteiger partial charge in [0.05, 0.1) is 11.2 Å². The third-order valence-corrected chi connectivity index (χ3v) is 5.51. The van der Waals surface area contributed by atoms with Crippen LogP contribution in [0.4, 0.5) is 5.82 Å². The van der Waals surface area contributed by atoms with Crippen LogP contribution in [0.25, 0.3) is 16.6 Å². The molecule has 0 saturated carbocycles. The third kappa shape index (κ3) is 3.23. The van der Waals surface area contributed by atoms with Crippen molar-refractivity contribution in [2.24, 2.45) is 5.92 Å². The first-order chi connectivity index (χ1) is 13.0. The van der Waals surface area contributed by atoms with Crippen LogP contribution in [0.3, 0.4) is 0 Å². The molecule has 0 radical (unpaired) electrons. The minimum Gasteiger partial charge on any atom is -0.352 e. The van der Waals surface area contributed by atoms with Gasteiger partial charge in [0.15, 0.2) is 5.65 Å². The maximum Gasteiger partial charge on any atom is 0.222 e. The zero-order valence-electron chi connectivity index (χ0n) is 15.9. The molecular weight excluding hydrogens is 362 g/mol. The molecule has 1 amide bonds. The third-order valence-electron chi connectivity index (χ3n) is 5.06. The maximum absolute atomic E-state index is 12.3. The van der Waals surface area contributed by atoms with E-state index in [1.54, 1.807) is 0 Å². The van der Waals surface area contributed by atoms with Crippen molar-refractivity contribution in [3.05, 3.63) is 35.0 Å². The molecule has 1 aromatic carbocycles. The van der Waals surface area contributed by atoms with Gasteiger partial charge in [-0.2, -0.15) is 5.10 Å². The van der Waals surface area contributed by atoms with Crippen LogP contribution in [0.15, 0.2) is 24.3 Å². The van der Waals surface area contributed by atoms with Gasteiger partial charge in [-0.05, 0) is 25.0 Å². The lowest BCUT2D eigenvalue weighted by Gasteiger charge is -2.36. The van der Waals surface area contributed by atoms with Crippen LogP contribution in [0.5, 0.6) is 0 Å². The number of aryl methyl sites for hydroxylation is 1. The largest absolute Gasteiger partial charge is 0.352 e. The molecule has 3 aromatic rings. The first kappa shape index (κ1) is 18.0. The molecule has 1 aliphatic heterocycles. The normalized spacial score (nSPS) is 15.3. The lowest BCUT2D eigenvalue weighted by atomic mass is 10.1. The highest BCUT2D eigenvalue weighted by atomic mass is 35.5. The van der Waals surface area contributed by atoms with Crippen molar-refractivity contribution in [2.75, 3.05) is 31.1 Å². The van der Waals surface area contributed by atoms with Gasteiger partial charge in [0.1, 0.15) is 10.8 Å². The number of rotatable bonds is 3. The summed E-state index contributed by atoms with van der Waals surface area (Å²) in [5.41, 5.74) is 2.45. The molecule has 4 rings (SSSR count). The zero-order valence-corrected chi connectivity index (χ0v) is 16.7. The number of benzene rings is 1. The molecule has 6 nitrogen and oxygen atoms in total. The Morgan fingerprint density at radius 3 is 2.59 bits per heavy atom. The molecule has 0 aliphatic carbocycles. The number of para-hydroxylation sites is 1. The number of amides is 1. The molecule has 1 aliphatic rings. The molecule has 1 fully saturated rings. The number of aromatic nitrogens is 3. The van der Waals surface area contributed by atoms with Crippen molar-refractivity contribution in [1.82, 2.24) is 19.5 Å². The highest BCUT2D eigenvalue weighted by Crippen LogP contribution is 2.30. The van der Waals surface area contributed by atoms with E-state index in [4.69, 9.17) is 16.6 Å². The Labute approximate surface area is 163 Å². The number of carbonyl (C=O) groups is 1. The fraction of sp³-hybridized carbons (Fsp3) is 0.450. The van der Waals surface area contributed by atoms with E-state index in [0.717, 1.165) is 48.6 Å². The lowest BCUT2D eigenvalue weighted by molar-refractivity contribution is -0.132. The molecule has 0 unspecified atom stereocenters. The van der Waals surface area contributed by atoms with Gasteiger partial charge in [-0.1, -0.05) is 37.6 Å². The highest BCUT2D eigenvalue weighted by Gasteiger charge is 2.25. The minimum absolute atomic E-state index is 0.243. The van der Waals surface area contributed by atoms with Gasteiger partial charge < -0.3 is 9.80 Å². The summed E-state index contributed by atoms with van der Waals surface area (Å²) < 4.78 is 1.82. The van der Waals surface area contributed by atoms with Gasteiger partial charge >= 0.3 is 0 Å². The summed E-state index contributed by atoms with van der Waals surface area (Å²) >= 11 is 6.45. The maximum atomic E-state index is 12.3. The van der Waals surface area contributed by atoms with Crippen molar-refractivity contribution in [1.29, 1.82) is 0 Å². The number of halogens is 1. The second-order valence-corrected chi connectivity index (χ2v) is 7.93. The van der Waals surface area contributed by atoms with Gasteiger partial charge in [0, 0.05) is 38.0 Å². The number of hydrogen-bond acceptors (Lipinski definition) is 4. The highest BCUT2D eigenvalue weighted by molar-refractivity contribution is 6.34. The monoisotopic (exact) mass is 385 g/mol. The van der Waals surface area contributed by atoms with E-state index in [0.29, 0.717) is 23.0 Å². The molecule has 0 spiro atoms. The summed E-state index contributed by atoms with van der Waals surface area (Å²) in [5.74, 6) is 1.54. The summed E-state index contributed by atoms with van der Waals surface area (Å²) in [6.45, 7) is 9.03. The van der Waals surface area contributed by atoms with Crippen molar-refractivity contribution in [3.63, 3.8) is 0 Å². The van der Waals surface area contributed by atoms with E-state index < -0.39 is 0 Å². The average molecular weight is 386 g/mol. The summed E-state index contributed by atoms with van der Waals surface area (Å²) in [5, 5.41) is 6.18. The predicted molar refractivity (Wildman–Crippen MR) is 108 cm³/mol. The van der Waals surface area contributed by atoms with Gasteiger partial charge in [-0.3, -0.25) is 4.79 Å². The SMILES string of the molecule is Cc1nn2c(nc(N3CCN(C(=O)CC(C)C)CC3)c3ccccc32)c1Cl. The van der Waals surface area contributed by atoms with E-state index in [2.05, 4.69) is 29.9 Å². The molecular formula is C20H24ClN5O. The molecule has 0 atom stereocenters. The van der Waals surface area contributed by atoms with E-state index in [1.165, 1.54) is 0 Å². The van der Waals surface area contributed by atoms with Crippen LogP contribution < -0.4 is 4.90 Å². The Morgan fingerprint density at radius 1 is 1.19 bits per heavy atom. The summed E-state index contributed by atoms with van der Waals surface area (Å²) in [6, 6.07) is 8.12. The van der Waals surface area contributed by atoms with Gasteiger partial charge in [0.25, 0.3) is 0 Å². The second kappa shape index (κ2) is 7.00. The van der Waals surface area contributed by atoms with Crippen LogP contribution in [0.2, 0.25) is 5.02 Å². The first-order valence-electron chi connectivity index (χ1n) is 9.42. The van der Waals surface area contributed by atoms with Crippen LogP contribution >= 0.6 is 11.6 Å². The van der Waals surface area contributed by atoms with Crippen molar-refractivity contribution >= 4 is 39.9 Å². The molecule has 27 heavy (non-hydrogen) atoms. The topological polar surface area (TPSA) is 53.7 Å². The quantitative estimate of drug-likeness (QED) is 0.692. The van der Waals surface area contributed by atoms with Gasteiger partial charge in [-0.15, -0.1) is 0 Å². The van der Waals surface area contributed by atoms with Crippen molar-refractivity contribution < 1.29 is 4.79 Å². The van der Waals surface area contributed by atoms with E-state index in [1.807, 2.05) is 34.5 Å². The fourth-order valence-corrected chi connectivity index (χ4v) is 3.82. The predicted octanol–water partition coefficient (Wildman–Crippen LogP) is 3.54. The van der Waals surface area contributed by atoms with E-state index in [9.17, 15) is 4.79 Å². The van der Waals surface area contributed by atoms with Crippen LogP contribution in [-0.2, 0) is 4.79 Å². The number of nitrogens with zero attached hydrogens (tertiary/aromatic N) is 5. The Morgan fingerprint density at radius 2 is 1.89 bits per heavy atom. The number of piperazine rings is 1. The standard InChI is InChI=1S/C20H24ClN5O/c1-13(2)12-17(27)24-8-10-25(11-9-24)19-15-6-4-5-7-16(15)26-20(22-19)18(21)14(3)23-26/h4-7,13H,8-12H2,1-3H3. The average Bonchev–Trinajstić information content (AvgIpc) is 2.95. The van der Waals surface area contributed by atoms with Crippen molar-refractivity contribution in [3.8, 4) is 0 Å². The summed E-state index contributed by atoms with van der Waals surface area (Å²) in [6.07, 6.45) is 0.609. The summed E-state index contributed by atoms with van der Waals surface area (Å²) in [4.78, 5) is 21.4. The molecule has 142 valence electrons. The molecule has 3 heterocycles. The Kier molecular flexibility index (Phi) is 4.68. The second-order valence-electron chi connectivity index (χ2n) is 7.55. The van der Waals surface area contributed by atoms with Crippen molar-refractivity contribution in [2.45, 2.75) is 27.2 Å². The van der Waals surface area contributed by atoms with Crippen LogP contribution in [0, 0.1) is 12.8 Å². The fourth-order valence-electron chi connectivity index (χ4n) is 3.66. The zero-order chi connectivity index (χ0) is 19.1. The molecule has 1 saturated heterocycles. The molecule has 7 heteroatoms. The smallest absolute Gasteiger partial charge is 0.222 e. The summed E-state index contributed by atoms with van der Waals surface area (Å²) in [7, 11) is 0. The minimum atomic E-state index is 0.243. The molecule has 2 aromatic heterocycles. The Bertz CT molecular complexity index is 1000. The lowest BCUT2D eigenvalue weighted by Crippen LogP contribution is -2.49. The number of hydrogen-bond donors (Lipinski definition) is 0. The molecule has 0 N–H and O–H groups in total. The van der Waals surface area contributed by atoms with E-state index in [-0.39, 0.29) is 5.91 Å². The van der Waals surface area contributed by atoms with Crippen LogP contribution in [0.1, 0.15) is 26.0 Å². The van der Waals surface area contributed by atoms with Gasteiger partial charge in [0.2, 0.25) is 5.91 Å². The van der Waals surface area contributed by atoms with E-state index >= 15 is 0 Å². The first-order valence-corrected chi connectivity index (χ1v) is 9.80. The number of anilines is 1. The van der Waals surface area contributed by atoms with Gasteiger partial charge in [-0.25, -0.2) is 9.50 Å². The van der Waals surface area contributed by atoms with Crippen LogP contribution in [-0.4, -0.2) is 51.6 Å². The Balaban J connectivity index is 1.68. The molecule has 0 bridgehead atoms. The number of fused-ring (bicyclic) bond motifs is 3. The Hall–Kier alpha value is -2.34.